The molecule has 4 saturated carbocycles. The largest absolute Gasteiger partial charge is 0.480 e. The number of hydrogen-bond donors (Lipinski definition) is 2. The summed E-state index contributed by atoms with van der Waals surface area (Å²) in [4.78, 5) is 86.3. The number of hydrogen-bond acceptors (Lipinski definition) is 25. The smallest absolute Gasteiger partial charge is 0.408 e. The van der Waals surface area contributed by atoms with E-state index in [9.17, 15) is 45.6 Å². The van der Waals surface area contributed by atoms with Gasteiger partial charge in [0, 0.05) is 10.8 Å². The molecule has 504 valence electrons. The third-order valence-electron chi connectivity index (χ3n) is 17.0. The monoisotopic (exact) mass is 1440 g/mol. The Morgan fingerprint density at radius 3 is 1.53 bits per heavy atom. The van der Waals surface area contributed by atoms with Crippen LogP contribution in [-0.4, -0.2) is 203 Å². The maximum atomic E-state index is 13.5. The molecule has 6 aliphatic rings. The highest BCUT2D eigenvalue weighted by atomic mass is 32.2. The molecule has 6 fully saturated rings. The molecule has 7 rings (SSSR count). The summed E-state index contributed by atoms with van der Waals surface area (Å²) in [6.07, 6.45) is 20.0. The van der Waals surface area contributed by atoms with Gasteiger partial charge in [0.15, 0.2) is 0 Å². The van der Waals surface area contributed by atoms with Crippen LogP contribution in [0.25, 0.3) is 0 Å². The van der Waals surface area contributed by atoms with Gasteiger partial charge in [-0.15, -0.1) is 94.1 Å². The molecule has 1 aromatic carbocycles. The highest BCUT2D eigenvalue weighted by molar-refractivity contribution is 8.39. The Morgan fingerprint density at radius 1 is 0.663 bits per heavy atom. The number of methoxy groups -OCH3 is 2. The second-order valence-corrected chi connectivity index (χ2v) is 33.1. The topological polar surface area (TPSA) is 287 Å². The number of nitrogens with zero attached hydrogens (tertiary/aromatic N) is 6. The molecule has 31 heteroatoms. The van der Waals surface area contributed by atoms with Gasteiger partial charge >= 0.3 is 24.0 Å². The number of ether oxygens (including phenoxy) is 3. The molecular formula is C58H93N7O14S10. The van der Waals surface area contributed by atoms with Crippen LogP contribution in [0.1, 0.15) is 120 Å². The average Bonchev–Trinajstić information content (AvgIpc) is 1.52. The van der Waals surface area contributed by atoms with Gasteiger partial charge in [-0.25, -0.2) is 35.0 Å². The van der Waals surface area contributed by atoms with Crippen molar-refractivity contribution in [2.45, 2.75) is 136 Å². The predicted octanol–water partition coefficient (Wildman–Crippen LogP) is 10.7. The van der Waals surface area contributed by atoms with Gasteiger partial charge in [0.05, 0.1) is 46.0 Å². The van der Waals surface area contributed by atoms with Gasteiger partial charge < -0.3 is 24.6 Å². The second kappa shape index (κ2) is 37.3. The fourth-order valence-electron chi connectivity index (χ4n) is 12.4. The molecule has 6 unspecified atom stereocenters. The van der Waals surface area contributed by atoms with Crippen LogP contribution in [0.3, 0.4) is 0 Å². The highest BCUT2D eigenvalue weighted by Gasteiger charge is 2.73. The molecule has 3 amide bonds. The Morgan fingerprint density at radius 2 is 1.10 bits per heavy atom. The summed E-state index contributed by atoms with van der Waals surface area (Å²) in [7, 11) is -5.07. The van der Waals surface area contributed by atoms with Gasteiger partial charge in [0.25, 0.3) is 11.8 Å². The summed E-state index contributed by atoms with van der Waals surface area (Å²) in [5, 5.41) is 11.0. The van der Waals surface area contributed by atoms with Crippen molar-refractivity contribution in [1.29, 1.82) is 0 Å². The third-order valence-corrected chi connectivity index (χ3v) is 28.4. The minimum absolute atomic E-state index is 0.0166. The van der Waals surface area contributed by atoms with E-state index in [1.165, 1.54) is 101 Å². The normalized spacial score (nSPS) is 26.0. The Balaban J connectivity index is 0.000000322. The number of rotatable bonds is 16. The fourth-order valence-corrected chi connectivity index (χ4v) is 21.4. The summed E-state index contributed by atoms with van der Waals surface area (Å²) >= 11 is 10.9. The lowest BCUT2D eigenvalue weighted by Gasteiger charge is -2.37. The van der Waals surface area contributed by atoms with Crippen molar-refractivity contribution >= 4 is 167 Å². The van der Waals surface area contributed by atoms with Crippen molar-refractivity contribution in [3.8, 4) is 0 Å². The summed E-state index contributed by atoms with van der Waals surface area (Å²) < 4.78 is 117. The van der Waals surface area contributed by atoms with Crippen LogP contribution in [0.4, 0.5) is 4.79 Å². The number of nitrogens with one attached hydrogen (secondary N) is 1. The minimum atomic E-state index is -3.83. The summed E-state index contributed by atoms with van der Waals surface area (Å²) in [5.74, 6) is -3.58. The molecule has 4 aliphatic carbocycles. The van der Waals surface area contributed by atoms with Gasteiger partial charge in [0.2, 0.25) is 20.0 Å². The number of alkyl carbamates (subject to hydrolysis) is 1. The van der Waals surface area contributed by atoms with Crippen molar-refractivity contribution in [2.75, 3.05) is 95.3 Å². The number of aliphatic carboxylic acids is 1. The van der Waals surface area contributed by atoms with Gasteiger partial charge in [0.1, 0.15) is 55.7 Å². The maximum absolute atomic E-state index is 13.5. The summed E-state index contributed by atoms with van der Waals surface area (Å²) in [6, 6.07) is 4.45. The SMILES string of the molecule is COC(=O)CN=C(SC)SC.[2H]C([2H])(N=C(SC)SC)C(=O)N1C2CC3CCC2(CS1(=O)=O)C3(C)C.[2H]C([2H])(N=C(SC)SC)C(=O)OC.[2H][C@@](CCC)(N=C(SC)SC)C(=O)N1C2CC3CCC2(CS1(=O)=O)C3(C)C.[2H][C@@](CCC)(NC(=O)OCc1ccccc1)C(=O)O. The molecule has 2 spiro atoms. The van der Waals surface area contributed by atoms with Crippen LogP contribution in [-0.2, 0) is 64.8 Å². The van der Waals surface area contributed by atoms with Crippen molar-refractivity contribution in [1.82, 2.24) is 13.9 Å². The van der Waals surface area contributed by atoms with Crippen molar-refractivity contribution in [3.05, 3.63) is 35.9 Å². The molecule has 2 heterocycles. The van der Waals surface area contributed by atoms with E-state index in [1.54, 1.807) is 56.2 Å². The lowest BCUT2D eigenvalue weighted by molar-refractivity contribution is -0.140. The van der Waals surface area contributed by atoms with Crippen LogP contribution in [0.2, 0.25) is 0 Å². The van der Waals surface area contributed by atoms with Crippen LogP contribution >= 0.6 is 94.1 Å². The van der Waals surface area contributed by atoms with Crippen LogP contribution in [0.5, 0.6) is 0 Å². The van der Waals surface area contributed by atoms with E-state index >= 15 is 0 Å². The molecule has 0 radical (unpaired) electrons. The number of carboxylic acid groups (broad SMARTS) is 1. The van der Waals surface area contributed by atoms with Crippen molar-refractivity contribution in [2.24, 2.45) is 53.5 Å². The van der Waals surface area contributed by atoms with Gasteiger partial charge in [-0.3, -0.25) is 39.1 Å². The van der Waals surface area contributed by atoms with E-state index in [1.807, 2.05) is 38.0 Å². The molecule has 89 heavy (non-hydrogen) atoms. The predicted molar refractivity (Wildman–Crippen MR) is 377 cm³/mol. The van der Waals surface area contributed by atoms with Crippen LogP contribution in [0, 0.1) is 33.5 Å². The Hall–Kier alpha value is -2.78. The van der Waals surface area contributed by atoms with Gasteiger partial charge in [-0.1, -0.05) is 84.7 Å². The quantitative estimate of drug-likeness (QED) is 0.0673. The number of aliphatic imine (C=N–C) groups is 4. The average molecular weight is 1440 g/mol. The lowest BCUT2D eigenvalue weighted by atomic mass is 9.69. The Bertz CT molecular complexity index is 3210. The number of benzene rings is 1. The molecule has 2 aliphatic heterocycles. The van der Waals surface area contributed by atoms with E-state index in [4.69, 9.17) is 18.1 Å². The van der Waals surface area contributed by atoms with E-state index in [-0.39, 0.29) is 65.8 Å². The number of carbonyl (C=O) groups is 6. The van der Waals surface area contributed by atoms with E-state index in [0.29, 0.717) is 44.2 Å². The first-order valence-electron chi connectivity index (χ1n) is 31.3. The Kier molecular flexibility index (Phi) is 29.6. The van der Waals surface area contributed by atoms with Crippen LogP contribution < -0.4 is 5.32 Å². The summed E-state index contributed by atoms with van der Waals surface area (Å²) in [6.45, 7) is 7.44. The second-order valence-electron chi connectivity index (χ2n) is 22.0. The maximum Gasteiger partial charge on any atom is 0.408 e. The molecule has 1 aromatic rings. The molecule has 0 aromatic heterocycles. The highest BCUT2D eigenvalue weighted by Crippen LogP contribution is 2.71. The molecule has 21 nitrogen and oxygen atoms in total. The van der Waals surface area contributed by atoms with Crippen LogP contribution in [0.15, 0.2) is 50.3 Å². The first-order valence-corrected chi connectivity index (χ1v) is 41.3. The third kappa shape index (κ3) is 20.6. The number of carboxylic acids is 1. The van der Waals surface area contributed by atoms with E-state index < -0.39 is 86.4 Å². The van der Waals surface area contributed by atoms with E-state index in [0.717, 1.165) is 57.8 Å². The molecule has 2 N–H and O–H groups in total. The molecule has 4 bridgehead atoms. The fraction of sp³-hybridized carbons (Fsp3) is 0.724. The molecule has 2 saturated heterocycles. The number of sulfonamides is 2. The number of amides is 3. The van der Waals surface area contributed by atoms with E-state index in [2.05, 4.69) is 62.5 Å². The van der Waals surface area contributed by atoms with Gasteiger partial charge in [-0.05, 0) is 130 Å². The standard InChI is InChI=1S/C18H30N2O3S3.C15H24N2O3S3.C13H17NO4.2C6H11NO2S2/c1-6-7-13(19-16(24-4)25-5)15(21)20-14-10-12-8-9-18(14,17(12,2)3)11-26(20,22)23;1-14(2)10-5-6-15(14)9-23(19,20)17(11(15)7-10)12(18)8-16-13(21-3)22-4;1-2-6-11(12(15)16)14-13(17)18-9-10-7-4-3-5-8-10;2*1-9-5(8)4-7-6(10-2)11-3/h12-14H,6-11H2,1-5H3;10-11H,5-9H2,1-4H3;3-5,7-8,11H,2,6,9H2,1H3,(H,14,17)(H,15,16);2*4H2,1-3H3/t12?,13-,14?,18?;;11-;;/m0.0../s1/i13D;8D2;11D;4D2;. The van der Waals surface area contributed by atoms with Crippen molar-refractivity contribution in [3.63, 3.8) is 0 Å². The Labute approximate surface area is 571 Å². The molecule has 8 atom stereocenters. The first-order chi connectivity index (χ1) is 44.1. The summed E-state index contributed by atoms with van der Waals surface area (Å²) in [5.41, 5.74) is -0.278. The van der Waals surface area contributed by atoms with Crippen molar-refractivity contribution < 1.29 is 73.1 Å². The number of esters is 2. The number of carbonyl (C=O) groups excluding carboxylic acids is 5. The van der Waals surface area contributed by atoms with Gasteiger partial charge in [-0.2, -0.15) is 0 Å². The minimum Gasteiger partial charge on any atom is -0.480 e. The lowest BCUT2D eigenvalue weighted by Crippen LogP contribution is -2.47. The zero-order chi connectivity index (χ0) is 72.6. The zero-order valence-corrected chi connectivity index (χ0v) is 61.8. The molecular weight excluding hydrogens is 1340 g/mol. The number of thioether (sulfide) groups is 8. The number of fused-ring (bicyclic) bond motifs is 2. The first kappa shape index (κ1) is 70.5. The zero-order valence-electron chi connectivity index (χ0n) is 59.6.